The summed E-state index contributed by atoms with van der Waals surface area (Å²) in [5, 5.41) is 9.17. The van der Waals surface area contributed by atoms with Crippen molar-refractivity contribution in [3.8, 4) is 5.75 Å². The lowest BCUT2D eigenvalue weighted by Crippen LogP contribution is -2.33. The molecule has 7 heteroatoms. The Balaban J connectivity index is 1.95. The average Bonchev–Trinajstić information content (AvgIpc) is 2.84. The molecule has 138 valence electrons. The van der Waals surface area contributed by atoms with Crippen molar-refractivity contribution in [2.24, 2.45) is 0 Å². The van der Waals surface area contributed by atoms with Gasteiger partial charge >= 0.3 is 5.97 Å². The maximum atomic E-state index is 13.1. The van der Waals surface area contributed by atoms with Crippen LogP contribution in [-0.4, -0.2) is 44.0 Å². The van der Waals surface area contributed by atoms with Crippen LogP contribution in [0.2, 0.25) is 0 Å². The lowest BCUT2D eigenvalue weighted by molar-refractivity contribution is 0.0696. The van der Waals surface area contributed by atoms with Gasteiger partial charge in [-0.3, -0.25) is 0 Å². The zero-order valence-electron chi connectivity index (χ0n) is 14.7. The highest BCUT2D eigenvalue weighted by molar-refractivity contribution is 7.89. The normalized spacial score (nSPS) is 15.2. The van der Waals surface area contributed by atoms with E-state index in [1.54, 1.807) is 14.0 Å². The highest BCUT2D eigenvalue weighted by Gasteiger charge is 2.29. The quantitative estimate of drug-likeness (QED) is 0.888. The molecule has 0 radical (unpaired) electrons. The SMILES string of the molecule is COc1cccc2c1CCN(S(=O)(=O)c1cc(C(=O)O)ccc1C)CC2. The summed E-state index contributed by atoms with van der Waals surface area (Å²) in [6.45, 7) is 2.35. The molecule has 1 aliphatic heterocycles. The molecule has 0 bridgehead atoms. The molecule has 1 N–H and O–H groups in total. The number of hydrogen-bond donors (Lipinski definition) is 1. The Bertz CT molecular complexity index is 952. The molecule has 1 heterocycles. The molecule has 0 unspecified atom stereocenters. The van der Waals surface area contributed by atoms with Crippen LogP contribution in [0, 0.1) is 6.92 Å². The minimum absolute atomic E-state index is 0.0334. The van der Waals surface area contributed by atoms with E-state index in [1.807, 2.05) is 18.2 Å². The van der Waals surface area contributed by atoms with Gasteiger partial charge in [0.2, 0.25) is 10.0 Å². The van der Waals surface area contributed by atoms with E-state index in [9.17, 15) is 18.3 Å². The van der Waals surface area contributed by atoms with E-state index in [-0.39, 0.29) is 10.5 Å². The fourth-order valence-corrected chi connectivity index (χ4v) is 5.00. The molecule has 1 aliphatic rings. The second-order valence-electron chi connectivity index (χ2n) is 6.29. The summed E-state index contributed by atoms with van der Waals surface area (Å²) in [6, 6.07) is 9.97. The molecule has 0 saturated carbocycles. The minimum atomic E-state index is -3.78. The smallest absolute Gasteiger partial charge is 0.335 e. The number of carboxylic acid groups (broad SMARTS) is 1. The number of carboxylic acids is 1. The number of fused-ring (bicyclic) bond motifs is 1. The van der Waals surface area contributed by atoms with Gasteiger partial charge in [0.15, 0.2) is 0 Å². The third kappa shape index (κ3) is 3.32. The molecular weight excluding hydrogens is 354 g/mol. The lowest BCUT2D eigenvalue weighted by Gasteiger charge is -2.21. The number of carbonyl (C=O) groups is 1. The second-order valence-corrected chi connectivity index (χ2v) is 8.19. The number of ether oxygens (including phenoxy) is 1. The van der Waals surface area contributed by atoms with E-state index in [0.717, 1.165) is 16.9 Å². The summed E-state index contributed by atoms with van der Waals surface area (Å²) >= 11 is 0. The summed E-state index contributed by atoms with van der Waals surface area (Å²) < 4.78 is 33.1. The Kier molecular flexibility index (Phi) is 5.02. The molecule has 3 rings (SSSR count). The number of nitrogens with zero attached hydrogens (tertiary/aromatic N) is 1. The molecular formula is C19H21NO5S. The number of methoxy groups -OCH3 is 1. The third-order valence-corrected chi connectivity index (χ3v) is 6.79. The largest absolute Gasteiger partial charge is 0.496 e. The summed E-state index contributed by atoms with van der Waals surface area (Å²) in [6.07, 6.45) is 1.14. The van der Waals surface area contributed by atoms with Crippen molar-refractivity contribution in [2.75, 3.05) is 20.2 Å². The van der Waals surface area contributed by atoms with Crippen molar-refractivity contribution in [1.82, 2.24) is 4.31 Å². The Hall–Kier alpha value is -2.38. The number of hydrogen-bond acceptors (Lipinski definition) is 4. The van der Waals surface area contributed by atoms with Crippen LogP contribution in [0.5, 0.6) is 5.75 Å². The molecule has 0 aromatic heterocycles. The standard InChI is InChI=1S/C19H21NO5S/c1-13-6-7-15(19(21)22)12-18(13)26(23,24)20-10-8-14-4-3-5-17(25-2)16(14)9-11-20/h3-7,12H,8-11H2,1-2H3,(H,21,22). The molecule has 0 fully saturated rings. The van der Waals surface area contributed by atoms with Crippen LogP contribution in [0.3, 0.4) is 0 Å². The van der Waals surface area contributed by atoms with Crippen molar-refractivity contribution in [1.29, 1.82) is 0 Å². The molecule has 0 spiro atoms. The highest BCUT2D eigenvalue weighted by Crippen LogP contribution is 2.29. The van der Waals surface area contributed by atoms with Crippen LogP contribution in [0.4, 0.5) is 0 Å². The Morgan fingerprint density at radius 1 is 1.15 bits per heavy atom. The van der Waals surface area contributed by atoms with Gasteiger partial charge in [-0.2, -0.15) is 4.31 Å². The molecule has 2 aromatic carbocycles. The van der Waals surface area contributed by atoms with E-state index in [0.29, 0.717) is 31.5 Å². The molecule has 0 amide bonds. The van der Waals surface area contributed by atoms with Gasteiger partial charge in [0.05, 0.1) is 17.6 Å². The Morgan fingerprint density at radius 2 is 1.88 bits per heavy atom. The predicted molar refractivity (Wildman–Crippen MR) is 97.3 cm³/mol. The molecule has 0 aliphatic carbocycles. The zero-order chi connectivity index (χ0) is 18.9. The first-order valence-corrected chi connectivity index (χ1v) is 9.77. The zero-order valence-corrected chi connectivity index (χ0v) is 15.5. The van der Waals surface area contributed by atoms with Gasteiger partial charge in [0, 0.05) is 13.1 Å². The second kappa shape index (κ2) is 7.09. The van der Waals surface area contributed by atoms with Crippen LogP contribution in [0.1, 0.15) is 27.0 Å². The van der Waals surface area contributed by atoms with Crippen molar-refractivity contribution < 1.29 is 23.1 Å². The van der Waals surface area contributed by atoms with Crippen molar-refractivity contribution in [2.45, 2.75) is 24.7 Å². The third-order valence-electron chi connectivity index (χ3n) is 4.74. The summed E-state index contributed by atoms with van der Waals surface area (Å²) in [5.41, 5.74) is 2.62. The van der Waals surface area contributed by atoms with Gasteiger partial charge in [-0.05, 0) is 54.7 Å². The molecule has 2 aromatic rings. The number of sulfonamides is 1. The minimum Gasteiger partial charge on any atom is -0.496 e. The molecule has 0 saturated heterocycles. The maximum absolute atomic E-state index is 13.1. The van der Waals surface area contributed by atoms with Crippen LogP contribution >= 0.6 is 0 Å². The van der Waals surface area contributed by atoms with E-state index in [4.69, 9.17) is 4.74 Å². The van der Waals surface area contributed by atoms with Crippen molar-refractivity contribution >= 4 is 16.0 Å². The van der Waals surface area contributed by atoms with Gasteiger partial charge < -0.3 is 9.84 Å². The van der Waals surface area contributed by atoms with E-state index >= 15 is 0 Å². The molecule has 26 heavy (non-hydrogen) atoms. The first-order chi connectivity index (χ1) is 12.3. The van der Waals surface area contributed by atoms with Crippen LogP contribution < -0.4 is 4.74 Å². The van der Waals surface area contributed by atoms with E-state index in [2.05, 4.69) is 0 Å². The van der Waals surface area contributed by atoms with Crippen LogP contribution in [0.25, 0.3) is 0 Å². The fraction of sp³-hybridized carbons (Fsp3) is 0.316. The maximum Gasteiger partial charge on any atom is 0.335 e. The molecule has 6 nitrogen and oxygen atoms in total. The van der Waals surface area contributed by atoms with Crippen molar-refractivity contribution in [3.63, 3.8) is 0 Å². The highest BCUT2D eigenvalue weighted by atomic mass is 32.2. The van der Waals surface area contributed by atoms with Gasteiger partial charge in [-0.15, -0.1) is 0 Å². The van der Waals surface area contributed by atoms with Gasteiger partial charge in [-0.25, -0.2) is 13.2 Å². The number of benzene rings is 2. The first kappa shape index (κ1) is 18.4. The molecule has 0 atom stereocenters. The first-order valence-electron chi connectivity index (χ1n) is 8.33. The fourth-order valence-electron chi connectivity index (χ4n) is 3.30. The van der Waals surface area contributed by atoms with E-state index < -0.39 is 16.0 Å². The average molecular weight is 375 g/mol. The number of aromatic carboxylic acids is 1. The van der Waals surface area contributed by atoms with Gasteiger partial charge in [0.25, 0.3) is 0 Å². The number of aryl methyl sites for hydroxylation is 1. The van der Waals surface area contributed by atoms with Crippen molar-refractivity contribution in [3.05, 3.63) is 58.7 Å². The summed E-state index contributed by atoms with van der Waals surface area (Å²) in [4.78, 5) is 11.3. The monoisotopic (exact) mass is 375 g/mol. The predicted octanol–water partition coefficient (Wildman–Crippen LogP) is 2.49. The van der Waals surface area contributed by atoms with E-state index in [1.165, 1.54) is 22.5 Å². The number of rotatable bonds is 4. The van der Waals surface area contributed by atoms with Gasteiger partial charge in [-0.1, -0.05) is 18.2 Å². The summed E-state index contributed by atoms with van der Waals surface area (Å²) in [7, 11) is -2.17. The topological polar surface area (TPSA) is 83.9 Å². The van der Waals surface area contributed by atoms with Gasteiger partial charge in [0.1, 0.15) is 5.75 Å². The Labute approximate surface area is 153 Å². The van der Waals surface area contributed by atoms with Crippen LogP contribution in [0.15, 0.2) is 41.3 Å². The Morgan fingerprint density at radius 3 is 2.58 bits per heavy atom. The summed E-state index contributed by atoms with van der Waals surface area (Å²) in [5.74, 6) is -0.375. The van der Waals surface area contributed by atoms with Crippen LogP contribution in [-0.2, 0) is 22.9 Å². The lowest BCUT2D eigenvalue weighted by atomic mass is 10.0.